The zero-order chi connectivity index (χ0) is 9.26. The molecule has 0 amide bonds. The van der Waals surface area contributed by atoms with Gasteiger partial charge in [0.05, 0.1) is 17.5 Å². The fourth-order valence-electron chi connectivity index (χ4n) is 1.32. The van der Waals surface area contributed by atoms with Gasteiger partial charge < -0.3 is 9.84 Å². The highest BCUT2D eigenvalue weighted by atomic mass is 32.1. The summed E-state index contributed by atoms with van der Waals surface area (Å²) >= 11 is 4.48. The number of thiocarbonyl (C=S) groups is 1. The third-order valence-corrected chi connectivity index (χ3v) is 2.06. The van der Waals surface area contributed by atoms with Crippen molar-refractivity contribution < 1.29 is 9.84 Å². The predicted octanol–water partition coefficient (Wildman–Crippen LogP) is 1.94. The van der Waals surface area contributed by atoms with Crippen LogP contribution >= 0.6 is 12.2 Å². The molecule has 66 valence electrons. The quantitative estimate of drug-likeness (QED) is 0.547. The van der Waals surface area contributed by atoms with E-state index in [0.717, 1.165) is 11.1 Å². The number of isothiocyanates is 1. The molecule has 0 bridgehead atoms. The number of aliphatic imine (C=N–C) groups is 1. The molecule has 1 aromatic carbocycles. The Labute approximate surface area is 80.7 Å². The molecular weight excluding hydrogens is 186 g/mol. The molecule has 0 spiro atoms. The second-order valence-electron chi connectivity index (χ2n) is 2.75. The molecule has 1 unspecified atom stereocenters. The molecule has 13 heavy (non-hydrogen) atoms. The van der Waals surface area contributed by atoms with Crippen LogP contribution in [-0.2, 0) is 11.3 Å². The van der Waals surface area contributed by atoms with Gasteiger partial charge in [-0.25, -0.2) is 0 Å². The van der Waals surface area contributed by atoms with Gasteiger partial charge in [0.1, 0.15) is 0 Å². The van der Waals surface area contributed by atoms with E-state index >= 15 is 0 Å². The standard InChI is InChI=1S/C9H7NO2S/c11-9-8-3-7(10-5-13)2-1-6(8)4-12-9/h1-3,9,11H,4H2. The Kier molecular flexibility index (Phi) is 2.20. The van der Waals surface area contributed by atoms with Crippen LogP contribution in [0.5, 0.6) is 0 Å². The van der Waals surface area contributed by atoms with Crippen LogP contribution in [0.25, 0.3) is 0 Å². The smallest absolute Gasteiger partial charge is 0.182 e. The lowest BCUT2D eigenvalue weighted by molar-refractivity contribution is -0.0918. The summed E-state index contributed by atoms with van der Waals surface area (Å²) in [7, 11) is 0. The van der Waals surface area contributed by atoms with E-state index < -0.39 is 6.29 Å². The van der Waals surface area contributed by atoms with E-state index in [1.807, 2.05) is 12.1 Å². The molecule has 1 N–H and O–H groups in total. The molecule has 0 fully saturated rings. The fourth-order valence-corrected chi connectivity index (χ4v) is 1.43. The summed E-state index contributed by atoms with van der Waals surface area (Å²) in [6.45, 7) is 0.456. The number of nitrogens with zero attached hydrogens (tertiary/aromatic N) is 1. The number of aliphatic hydroxyl groups is 1. The van der Waals surface area contributed by atoms with Gasteiger partial charge >= 0.3 is 0 Å². The minimum atomic E-state index is -0.824. The topological polar surface area (TPSA) is 41.8 Å². The average Bonchev–Trinajstić information content (AvgIpc) is 2.49. The molecule has 3 nitrogen and oxygen atoms in total. The zero-order valence-electron chi connectivity index (χ0n) is 6.73. The van der Waals surface area contributed by atoms with E-state index in [-0.39, 0.29) is 0 Å². The number of ether oxygens (including phenoxy) is 1. The minimum absolute atomic E-state index is 0.456. The second kappa shape index (κ2) is 3.36. The van der Waals surface area contributed by atoms with Gasteiger partial charge in [0.2, 0.25) is 0 Å². The maximum atomic E-state index is 9.36. The van der Waals surface area contributed by atoms with Gasteiger partial charge in [0, 0.05) is 5.56 Å². The van der Waals surface area contributed by atoms with Crippen LogP contribution in [0, 0.1) is 0 Å². The van der Waals surface area contributed by atoms with Crippen molar-refractivity contribution in [1.82, 2.24) is 0 Å². The first kappa shape index (κ1) is 8.53. The summed E-state index contributed by atoms with van der Waals surface area (Å²) in [5.74, 6) is 0. The lowest BCUT2D eigenvalue weighted by Gasteiger charge is -2.01. The monoisotopic (exact) mass is 193 g/mol. The fraction of sp³-hybridized carbons (Fsp3) is 0.222. The van der Waals surface area contributed by atoms with Gasteiger partial charge in [-0.05, 0) is 29.9 Å². The predicted molar refractivity (Wildman–Crippen MR) is 50.9 cm³/mol. The first-order chi connectivity index (χ1) is 6.31. The normalized spacial score (nSPS) is 19.3. The highest BCUT2D eigenvalue weighted by Gasteiger charge is 2.20. The van der Waals surface area contributed by atoms with Crippen molar-refractivity contribution in [1.29, 1.82) is 0 Å². The SMILES string of the molecule is OC1OCc2ccc(N=C=S)cc21. The van der Waals surface area contributed by atoms with Crippen molar-refractivity contribution in [2.75, 3.05) is 0 Å². The molecule has 0 radical (unpaired) electrons. The van der Waals surface area contributed by atoms with Gasteiger partial charge in [-0.2, -0.15) is 4.99 Å². The lowest BCUT2D eigenvalue weighted by Crippen LogP contribution is -1.91. The van der Waals surface area contributed by atoms with Crippen molar-refractivity contribution in [3.8, 4) is 0 Å². The van der Waals surface area contributed by atoms with Crippen molar-refractivity contribution in [3.63, 3.8) is 0 Å². The maximum Gasteiger partial charge on any atom is 0.182 e. The molecule has 1 aliphatic heterocycles. The molecule has 0 aliphatic carbocycles. The van der Waals surface area contributed by atoms with Gasteiger partial charge in [-0.3, -0.25) is 0 Å². The number of fused-ring (bicyclic) bond motifs is 1. The Hall–Kier alpha value is -1.06. The van der Waals surface area contributed by atoms with E-state index in [2.05, 4.69) is 22.4 Å². The Morgan fingerprint density at radius 3 is 3.23 bits per heavy atom. The van der Waals surface area contributed by atoms with Gasteiger partial charge in [0.15, 0.2) is 6.29 Å². The zero-order valence-corrected chi connectivity index (χ0v) is 7.54. The molecule has 0 saturated carbocycles. The minimum Gasteiger partial charge on any atom is -0.364 e. The summed E-state index contributed by atoms with van der Waals surface area (Å²) in [6.07, 6.45) is -0.824. The lowest BCUT2D eigenvalue weighted by atomic mass is 10.1. The summed E-state index contributed by atoms with van der Waals surface area (Å²) in [4.78, 5) is 3.82. The maximum absolute atomic E-state index is 9.36. The summed E-state index contributed by atoms with van der Waals surface area (Å²) < 4.78 is 5.02. The van der Waals surface area contributed by atoms with Crippen LogP contribution in [0.1, 0.15) is 17.4 Å². The van der Waals surface area contributed by atoms with Crippen molar-refractivity contribution in [2.45, 2.75) is 12.9 Å². The van der Waals surface area contributed by atoms with Crippen LogP contribution in [0.2, 0.25) is 0 Å². The largest absolute Gasteiger partial charge is 0.364 e. The van der Waals surface area contributed by atoms with Crippen LogP contribution in [0.4, 0.5) is 5.69 Å². The number of hydrogen-bond donors (Lipinski definition) is 1. The first-order valence-electron chi connectivity index (χ1n) is 3.81. The second-order valence-corrected chi connectivity index (χ2v) is 2.93. The molecule has 0 saturated heterocycles. The Morgan fingerprint density at radius 1 is 1.62 bits per heavy atom. The number of benzene rings is 1. The molecule has 1 heterocycles. The molecule has 4 heteroatoms. The number of aliphatic hydroxyl groups excluding tert-OH is 1. The van der Waals surface area contributed by atoms with E-state index in [1.54, 1.807) is 6.07 Å². The Balaban J connectivity index is 2.47. The average molecular weight is 193 g/mol. The highest BCUT2D eigenvalue weighted by Crippen LogP contribution is 2.31. The van der Waals surface area contributed by atoms with Crippen LogP contribution in [0.15, 0.2) is 23.2 Å². The molecule has 1 aromatic rings. The van der Waals surface area contributed by atoms with Crippen molar-refractivity contribution in [2.24, 2.45) is 4.99 Å². The first-order valence-corrected chi connectivity index (χ1v) is 4.22. The van der Waals surface area contributed by atoms with Crippen LogP contribution < -0.4 is 0 Å². The summed E-state index contributed by atoms with van der Waals surface area (Å²) in [5.41, 5.74) is 2.46. The van der Waals surface area contributed by atoms with E-state index in [4.69, 9.17) is 4.74 Å². The Morgan fingerprint density at radius 2 is 2.46 bits per heavy atom. The Bertz CT molecular complexity index is 385. The van der Waals surface area contributed by atoms with Gasteiger partial charge in [0.25, 0.3) is 0 Å². The molecule has 0 aromatic heterocycles. The van der Waals surface area contributed by atoms with Crippen LogP contribution in [0.3, 0.4) is 0 Å². The highest BCUT2D eigenvalue weighted by molar-refractivity contribution is 7.78. The van der Waals surface area contributed by atoms with E-state index in [0.29, 0.717) is 12.3 Å². The summed E-state index contributed by atoms with van der Waals surface area (Å²) in [5, 5.41) is 11.6. The van der Waals surface area contributed by atoms with Crippen LogP contribution in [-0.4, -0.2) is 10.3 Å². The molecule has 1 atom stereocenters. The van der Waals surface area contributed by atoms with Gasteiger partial charge in [-0.1, -0.05) is 6.07 Å². The third-order valence-electron chi connectivity index (χ3n) is 1.97. The third kappa shape index (κ3) is 1.53. The summed E-state index contributed by atoms with van der Waals surface area (Å²) in [6, 6.07) is 5.45. The molecule has 1 aliphatic rings. The van der Waals surface area contributed by atoms with E-state index in [9.17, 15) is 5.11 Å². The molecular formula is C9H7NO2S. The number of hydrogen-bond acceptors (Lipinski definition) is 4. The van der Waals surface area contributed by atoms with E-state index in [1.165, 1.54) is 0 Å². The molecule has 2 rings (SSSR count). The number of rotatable bonds is 1. The van der Waals surface area contributed by atoms with Crippen molar-refractivity contribution in [3.05, 3.63) is 29.3 Å². The van der Waals surface area contributed by atoms with Crippen molar-refractivity contribution >= 4 is 23.1 Å². The van der Waals surface area contributed by atoms with Gasteiger partial charge in [-0.15, -0.1) is 0 Å².